The molecule has 0 radical (unpaired) electrons. The molecule has 2 N–H and O–H groups in total. The monoisotopic (exact) mass is 381 g/mol. The summed E-state index contributed by atoms with van der Waals surface area (Å²) in [5.41, 5.74) is 4.31. The number of benzene rings is 4. The number of hydrogen-bond donors (Lipinski definition) is 2. The Labute approximate surface area is 168 Å². The van der Waals surface area contributed by atoms with Crippen LogP contribution in [-0.4, -0.2) is 18.0 Å². The van der Waals surface area contributed by atoms with Crippen molar-refractivity contribution < 1.29 is 9.59 Å². The Balaban J connectivity index is 1.67. The van der Waals surface area contributed by atoms with Crippen molar-refractivity contribution in [3.63, 3.8) is 0 Å². The lowest BCUT2D eigenvalue weighted by Crippen LogP contribution is -2.20. The maximum absolute atomic E-state index is 12.6. The Hall–Kier alpha value is -3.99. The largest absolute Gasteiger partial charge is 0.326 e. The lowest BCUT2D eigenvalue weighted by atomic mass is 9.97. The molecule has 29 heavy (non-hydrogen) atoms. The first-order valence-corrected chi connectivity index (χ1v) is 9.24. The van der Waals surface area contributed by atoms with Gasteiger partial charge in [0.05, 0.1) is 17.5 Å². The van der Waals surface area contributed by atoms with Crippen LogP contribution in [0.5, 0.6) is 0 Å². The van der Waals surface area contributed by atoms with E-state index in [1.807, 2.05) is 36.4 Å². The number of rotatable bonds is 4. The summed E-state index contributed by atoms with van der Waals surface area (Å²) in [5.74, 6) is -0.633. The van der Waals surface area contributed by atoms with Crippen molar-refractivity contribution in [2.24, 2.45) is 5.10 Å². The molecule has 0 aliphatic carbocycles. The zero-order valence-corrected chi connectivity index (χ0v) is 15.8. The van der Waals surface area contributed by atoms with Crippen molar-refractivity contribution in [2.45, 2.75) is 6.92 Å². The van der Waals surface area contributed by atoms with Gasteiger partial charge in [-0.05, 0) is 39.7 Å². The third-order valence-corrected chi connectivity index (χ3v) is 4.66. The summed E-state index contributed by atoms with van der Waals surface area (Å²) < 4.78 is 0. The van der Waals surface area contributed by atoms with Gasteiger partial charge >= 0.3 is 0 Å². The second kappa shape index (κ2) is 7.94. The highest BCUT2D eigenvalue weighted by atomic mass is 16.2. The Kier molecular flexibility index (Phi) is 5.03. The van der Waals surface area contributed by atoms with E-state index in [4.69, 9.17) is 0 Å². The van der Waals surface area contributed by atoms with Crippen molar-refractivity contribution in [3.8, 4) is 0 Å². The highest BCUT2D eigenvalue weighted by Crippen LogP contribution is 2.27. The molecule has 4 aromatic rings. The fraction of sp³-hybridized carbons (Fsp3) is 0.0417. The number of amides is 2. The smallest absolute Gasteiger partial charge is 0.273 e. The van der Waals surface area contributed by atoms with Gasteiger partial charge in [0.15, 0.2) is 0 Å². The van der Waals surface area contributed by atoms with Crippen LogP contribution in [0.3, 0.4) is 0 Å². The van der Waals surface area contributed by atoms with Gasteiger partial charge in [-0.1, -0.05) is 60.7 Å². The Morgan fingerprint density at radius 1 is 0.828 bits per heavy atom. The van der Waals surface area contributed by atoms with Crippen LogP contribution in [0.1, 0.15) is 22.8 Å². The first-order chi connectivity index (χ1) is 14.1. The zero-order valence-electron chi connectivity index (χ0n) is 15.8. The molecule has 2 amide bonds. The molecule has 4 aromatic carbocycles. The topological polar surface area (TPSA) is 70.6 Å². The van der Waals surface area contributed by atoms with E-state index < -0.39 is 5.91 Å². The molecule has 142 valence electrons. The Morgan fingerprint density at radius 2 is 1.41 bits per heavy atom. The lowest BCUT2D eigenvalue weighted by molar-refractivity contribution is -0.114. The standard InChI is InChI=1S/C24H19N3O2/c1-16(28)26-23-13-7-6-12-21(23)24(29)27-25-15-22-19-10-4-2-8-17(19)14-18-9-3-5-11-20(18)22/h2-15H,1H3,(H,26,28)(H,27,29). The molecule has 5 heteroatoms. The molecule has 0 aliphatic rings. The fourth-order valence-electron chi connectivity index (χ4n) is 3.38. The number of nitrogens with zero attached hydrogens (tertiary/aromatic N) is 1. The highest BCUT2D eigenvalue weighted by Gasteiger charge is 2.11. The van der Waals surface area contributed by atoms with Gasteiger partial charge in [-0.3, -0.25) is 9.59 Å². The summed E-state index contributed by atoms with van der Waals surface area (Å²) >= 11 is 0. The van der Waals surface area contributed by atoms with Gasteiger partial charge in [0.1, 0.15) is 0 Å². The number of nitrogens with one attached hydrogen (secondary N) is 2. The number of anilines is 1. The van der Waals surface area contributed by atoms with E-state index in [0.29, 0.717) is 11.3 Å². The van der Waals surface area contributed by atoms with E-state index in [-0.39, 0.29) is 5.91 Å². The van der Waals surface area contributed by atoms with Gasteiger partial charge in [-0.25, -0.2) is 5.43 Å². The average molecular weight is 381 g/mol. The summed E-state index contributed by atoms with van der Waals surface area (Å²) in [5, 5.41) is 11.2. The predicted molar refractivity (Wildman–Crippen MR) is 117 cm³/mol. The molecular formula is C24H19N3O2. The van der Waals surface area contributed by atoms with Crippen molar-refractivity contribution >= 4 is 45.3 Å². The Bertz CT molecular complexity index is 1210. The number of para-hydroxylation sites is 1. The van der Waals surface area contributed by atoms with Crippen molar-refractivity contribution in [1.29, 1.82) is 0 Å². The fourth-order valence-corrected chi connectivity index (χ4v) is 3.38. The van der Waals surface area contributed by atoms with Crippen LogP contribution in [-0.2, 0) is 4.79 Å². The number of carbonyl (C=O) groups excluding carboxylic acids is 2. The summed E-state index contributed by atoms with van der Waals surface area (Å²) in [6, 6.07) is 25.1. The van der Waals surface area contributed by atoms with Crippen LogP contribution >= 0.6 is 0 Å². The molecule has 0 heterocycles. The minimum atomic E-state index is -0.393. The second-order valence-electron chi connectivity index (χ2n) is 6.66. The number of carbonyl (C=O) groups is 2. The molecule has 0 saturated heterocycles. The molecule has 0 aliphatic heterocycles. The number of hydrogen-bond acceptors (Lipinski definition) is 3. The van der Waals surface area contributed by atoms with Crippen molar-refractivity contribution in [1.82, 2.24) is 5.43 Å². The maximum atomic E-state index is 12.6. The molecule has 0 unspecified atom stereocenters. The molecule has 0 aromatic heterocycles. The first-order valence-electron chi connectivity index (χ1n) is 9.24. The molecule has 5 nitrogen and oxygen atoms in total. The molecule has 4 rings (SSSR count). The number of hydrazone groups is 1. The quantitative estimate of drug-likeness (QED) is 0.305. The number of fused-ring (bicyclic) bond motifs is 2. The van der Waals surface area contributed by atoms with E-state index in [0.717, 1.165) is 27.1 Å². The first kappa shape index (κ1) is 18.4. The lowest BCUT2D eigenvalue weighted by Gasteiger charge is -2.09. The van der Waals surface area contributed by atoms with Gasteiger partial charge < -0.3 is 5.32 Å². The van der Waals surface area contributed by atoms with E-state index in [1.54, 1.807) is 30.5 Å². The summed E-state index contributed by atoms with van der Waals surface area (Å²) in [6.45, 7) is 1.40. The zero-order chi connectivity index (χ0) is 20.2. The van der Waals surface area contributed by atoms with Crippen LogP contribution in [0, 0.1) is 0 Å². The molecule has 0 saturated carbocycles. The van der Waals surface area contributed by atoms with Crippen LogP contribution in [0.4, 0.5) is 5.69 Å². The minimum absolute atomic E-state index is 0.240. The predicted octanol–water partition coefficient (Wildman–Crippen LogP) is 4.72. The van der Waals surface area contributed by atoms with Gasteiger partial charge in [0.2, 0.25) is 5.91 Å². The van der Waals surface area contributed by atoms with E-state index in [1.165, 1.54) is 6.92 Å². The highest BCUT2D eigenvalue weighted by molar-refractivity contribution is 6.13. The third kappa shape index (κ3) is 3.84. The summed E-state index contributed by atoms with van der Waals surface area (Å²) in [6.07, 6.45) is 1.67. The minimum Gasteiger partial charge on any atom is -0.326 e. The average Bonchev–Trinajstić information content (AvgIpc) is 2.73. The van der Waals surface area contributed by atoms with Gasteiger partial charge in [-0.15, -0.1) is 0 Å². The maximum Gasteiger partial charge on any atom is 0.273 e. The molecular weight excluding hydrogens is 362 g/mol. The van der Waals surface area contributed by atoms with Crippen molar-refractivity contribution in [2.75, 3.05) is 5.32 Å². The van der Waals surface area contributed by atoms with Crippen LogP contribution < -0.4 is 10.7 Å². The molecule has 0 spiro atoms. The molecule has 0 bridgehead atoms. The second-order valence-corrected chi connectivity index (χ2v) is 6.66. The molecule has 0 fully saturated rings. The van der Waals surface area contributed by atoms with E-state index in [2.05, 4.69) is 34.0 Å². The summed E-state index contributed by atoms with van der Waals surface area (Å²) in [7, 11) is 0. The van der Waals surface area contributed by atoms with E-state index in [9.17, 15) is 9.59 Å². The van der Waals surface area contributed by atoms with Crippen molar-refractivity contribution in [3.05, 3.63) is 90.0 Å². The third-order valence-electron chi connectivity index (χ3n) is 4.66. The van der Waals surface area contributed by atoms with Crippen LogP contribution in [0.2, 0.25) is 0 Å². The van der Waals surface area contributed by atoms with E-state index >= 15 is 0 Å². The SMILES string of the molecule is CC(=O)Nc1ccccc1C(=O)NN=Cc1c2ccccc2cc2ccccc12. The van der Waals surface area contributed by atoms with Gasteiger partial charge in [0.25, 0.3) is 5.91 Å². The van der Waals surface area contributed by atoms with Gasteiger partial charge in [-0.2, -0.15) is 5.10 Å². The summed E-state index contributed by atoms with van der Waals surface area (Å²) in [4.78, 5) is 24.0. The Morgan fingerprint density at radius 3 is 2.07 bits per heavy atom. The van der Waals surface area contributed by atoms with Crippen LogP contribution in [0.15, 0.2) is 84.0 Å². The van der Waals surface area contributed by atoms with Gasteiger partial charge in [0, 0.05) is 12.5 Å². The normalized spacial score (nSPS) is 11.1. The molecule has 0 atom stereocenters. The van der Waals surface area contributed by atoms with Crippen LogP contribution in [0.25, 0.3) is 21.5 Å².